The zero-order valence-electron chi connectivity index (χ0n) is 9.15. The Morgan fingerprint density at radius 2 is 2.07 bits per heavy atom. The molecular weight excluding hydrogens is 194 g/mol. The van der Waals surface area contributed by atoms with Gasteiger partial charge >= 0.3 is 5.97 Å². The van der Waals surface area contributed by atoms with Gasteiger partial charge in [0.25, 0.3) is 5.56 Å². The highest BCUT2D eigenvalue weighted by Crippen LogP contribution is 2.04. The number of hydrogen-bond donors (Lipinski definition) is 1. The molecule has 0 radical (unpaired) electrons. The van der Waals surface area contributed by atoms with Crippen LogP contribution in [0.15, 0.2) is 16.9 Å². The second kappa shape index (κ2) is 4.29. The maximum Gasteiger partial charge on any atom is 0.335 e. The summed E-state index contributed by atoms with van der Waals surface area (Å²) in [4.78, 5) is 22.3. The van der Waals surface area contributed by atoms with Gasteiger partial charge in [0.1, 0.15) is 0 Å². The van der Waals surface area contributed by atoms with Crippen molar-refractivity contribution in [1.82, 2.24) is 4.57 Å². The van der Waals surface area contributed by atoms with Crippen molar-refractivity contribution in [2.45, 2.75) is 27.3 Å². The van der Waals surface area contributed by atoms with Crippen LogP contribution in [0.2, 0.25) is 0 Å². The van der Waals surface area contributed by atoms with Gasteiger partial charge in [0, 0.05) is 18.3 Å². The van der Waals surface area contributed by atoms with Crippen LogP contribution in [0.1, 0.15) is 29.9 Å². The van der Waals surface area contributed by atoms with Crippen LogP contribution in [0, 0.1) is 12.8 Å². The molecule has 15 heavy (non-hydrogen) atoms. The maximum atomic E-state index is 11.6. The van der Waals surface area contributed by atoms with E-state index in [2.05, 4.69) is 0 Å². The van der Waals surface area contributed by atoms with Crippen LogP contribution in [0.25, 0.3) is 0 Å². The Bertz CT molecular complexity index is 432. The summed E-state index contributed by atoms with van der Waals surface area (Å²) in [5, 5.41) is 8.76. The Morgan fingerprint density at radius 1 is 1.47 bits per heavy atom. The van der Waals surface area contributed by atoms with E-state index in [1.54, 1.807) is 11.5 Å². The highest BCUT2D eigenvalue weighted by atomic mass is 16.4. The molecule has 0 unspecified atom stereocenters. The van der Waals surface area contributed by atoms with Gasteiger partial charge in [0.15, 0.2) is 0 Å². The molecule has 0 saturated carbocycles. The lowest BCUT2D eigenvalue weighted by atomic mass is 10.2. The highest BCUT2D eigenvalue weighted by Gasteiger charge is 2.09. The minimum Gasteiger partial charge on any atom is -0.478 e. The number of rotatable bonds is 3. The first-order valence-corrected chi connectivity index (χ1v) is 4.86. The Hall–Kier alpha value is -1.58. The molecule has 1 N–H and O–H groups in total. The normalized spacial score (nSPS) is 10.7. The van der Waals surface area contributed by atoms with E-state index in [0.717, 1.165) is 6.07 Å². The van der Waals surface area contributed by atoms with E-state index < -0.39 is 5.97 Å². The minimum atomic E-state index is -1.06. The molecule has 1 heterocycles. The molecule has 4 heteroatoms. The number of aryl methyl sites for hydroxylation is 1. The summed E-state index contributed by atoms with van der Waals surface area (Å²) in [6.07, 6.45) is 0. The van der Waals surface area contributed by atoms with Crippen LogP contribution in [-0.2, 0) is 6.54 Å². The molecule has 0 aliphatic rings. The fraction of sp³-hybridized carbons (Fsp3) is 0.455. The number of carbonyl (C=O) groups is 1. The predicted octanol–water partition coefficient (Wildman–Crippen LogP) is 1.51. The summed E-state index contributed by atoms with van der Waals surface area (Å²) in [7, 11) is 0. The van der Waals surface area contributed by atoms with E-state index in [1.807, 2.05) is 13.8 Å². The molecule has 0 spiro atoms. The second-order valence-corrected chi connectivity index (χ2v) is 4.03. The summed E-state index contributed by atoms with van der Waals surface area (Å²) in [5.74, 6) is -0.705. The van der Waals surface area contributed by atoms with E-state index in [1.165, 1.54) is 6.07 Å². The lowest BCUT2D eigenvalue weighted by Crippen LogP contribution is -2.25. The second-order valence-electron chi connectivity index (χ2n) is 4.03. The molecule has 0 aliphatic heterocycles. The van der Waals surface area contributed by atoms with Gasteiger partial charge in [-0.1, -0.05) is 13.8 Å². The number of carboxylic acids is 1. The summed E-state index contributed by atoms with van der Waals surface area (Å²) < 4.78 is 1.59. The van der Waals surface area contributed by atoms with Crippen molar-refractivity contribution in [3.05, 3.63) is 33.7 Å². The van der Waals surface area contributed by atoms with Gasteiger partial charge in [-0.05, 0) is 18.9 Å². The third-order valence-electron chi connectivity index (χ3n) is 2.13. The van der Waals surface area contributed by atoms with Crippen molar-refractivity contribution in [1.29, 1.82) is 0 Å². The average molecular weight is 209 g/mol. The van der Waals surface area contributed by atoms with Gasteiger partial charge in [0.2, 0.25) is 0 Å². The first-order chi connectivity index (χ1) is 6.91. The smallest absolute Gasteiger partial charge is 0.335 e. The Labute approximate surface area is 88.2 Å². The molecule has 0 saturated heterocycles. The fourth-order valence-electron chi connectivity index (χ4n) is 1.45. The van der Waals surface area contributed by atoms with E-state index in [0.29, 0.717) is 18.2 Å². The zero-order valence-corrected chi connectivity index (χ0v) is 9.15. The van der Waals surface area contributed by atoms with E-state index in [4.69, 9.17) is 5.11 Å². The molecule has 0 amide bonds. The average Bonchev–Trinajstić information content (AvgIpc) is 2.10. The Morgan fingerprint density at radius 3 is 2.47 bits per heavy atom. The first-order valence-electron chi connectivity index (χ1n) is 4.86. The monoisotopic (exact) mass is 209 g/mol. The molecule has 4 nitrogen and oxygen atoms in total. The molecule has 0 aromatic carbocycles. The van der Waals surface area contributed by atoms with Crippen LogP contribution >= 0.6 is 0 Å². The zero-order chi connectivity index (χ0) is 11.6. The summed E-state index contributed by atoms with van der Waals surface area (Å²) in [6, 6.07) is 2.68. The quantitative estimate of drug-likeness (QED) is 0.820. The van der Waals surface area contributed by atoms with Crippen LogP contribution < -0.4 is 5.56 Å². The number of aromatic carboxylic acids is 1. The van der Waals surface area contributed by atoms with E-state index in [-0.39, 0.29) is 11.1 Å². The SMILES string of the molecule is Cc1cc(C(=O)O)cc(=O)n1CC(C)C. The standard InChI is InChI=1S/C11H15NO3/c1-7(2)6-12-8(3)4-9(11(14)15)5-10(12)13/h4-5,7H,6H2,1-3H3,(H,14,15). The number of carboxylic acid groups (broad SMARTS) is 1. The van der Waals surface area contributed by atoms with Crippen LogP contribution in [-0.4, -0.2) is 15.6 Å². The van der Waals surface area contributed by atoms with Crippen LogP contribution in [0.4, 0.5) is 0 Å². The van der Waals surface area contributed by atoms with Crippen molar-refractivity contribution in [3.63, 3.8) is 0 Å². The van der Waals surface area contributed by atoms with Gasteiger partial charge in [-0.3, -0.25) is 4.79 Å². The third-order valence-corrected chi connectivity index (χ3v) is 2.13. The van der Waals surface area contributed by atoms with E-state index in [9.17, 15) is 9.59 Å². The molecule has 0 atom stereocenters. The van der Waals surface area contributed by atoms with Crippen molar-refractivity contribution in [2.24, 2.45) is 5.92 Å². The third kappa shape index (κ3) is 2.68. The van der Waals surface area contributed by atoms with Crippen molar-refractivity contribution in [2.75, 3.05) is 0 Å². The molecule has 0 bridgehead atoms. The van der Waals surface area contributed by atoms with Gasteiger partial charge in [0.05, 0.1) is 5.56 Å². The van der Waals surface area contributed by atoms with Crippen LogP contribution in [0.3, 0.4) is 0 Å². The number of pyridine rings is 1. The Balaban J connectivity index is 3.22. The largest absolute Gasteiger partial charge is 0.478 e. The molecule has 1 aromatic rings. The van der Waals surface area contributed by atoms with Gasteiger partial charge in [-0.15, -0.1) is 0 Å². The molecular formula is C11H15NO3. The topological polar surface area (TPSA) is 59.3 Å². The lowest BCUT2D eigenvalue weighted by molar-refractivity contribution is 0.0696. The summed E-state index contributed by atoms with van der Waals surface area (Å²) >= 11 is 0. The van der Waals surface area contributed by atoms with Crippen molar-refractivity contribution in [3.8, 4) is 0 Å². The fourth-order valence-corrected chi connectivity index (χ4v) is 1.45. The summed E-state index contributed by atoms with van der Waals surface area (Å²) in [5.41, 5.74) is 0.493. The summed E-state index contributed by atoms with van der Waals surface area (Å²) in [6.45, 7) is 6.38. The van der Waals surface area contributed by atoms with Gasteiger partial charge in [-0.25, -0.2) is 4.79 Å². The van der Waals surface area contributed by atoms with Gasteiger partial charge < -0.3 is 9.67 Å². The minimum absolute atomic E-state index is 0.0532. The Kier molecular flexibility index (Phi) is 3.29. The number of hydrogen-bond acceptors (Lipinski definition) is 2. The number of nitrogens with zero attached hydrogens (tertiary/aromatic N) is 1. The van der Waals surface area contributed by atoms with Crippen molar-refractivity contribution >= 4 is 5.97 Å². The molecule has 1 rings (SSSR count). The highest BCUT2D eigenvalue weighted by molar-refractivity contribution is 5.87. The molecule has 82 valence electrons. The lowest BCUT2D eigenvalue weighted by Gasteiger charge is -2.12. The molecule has 1 aromatic heterocycles. The van der Waals surface area contributed by atoms with Crippen LogP contribution in [0.5, 0.6) is 0 Å². The first kappa shape index (κ1) is 11.5. The van der Waals surface area contributed by atoms with Gasteiger partial charge in [-0.2, -0.15) is 0 Å². The maximum absolute atomic E-state index is 11.6. The van der Waals surface area contributed by atoms with Crippen molar-refractivity contribution < 1.29 is 9.90 Å². The van der Waals surface area contributed by atoms with E-state index >= 15 is 0 Å². The molecule has 0 aliphatic carbocycles. The predicted molar refractivity (Wildman–Crippen MR) is 57.2 cm³/mol. The molecule has 0 fully saturated rings. The number of aromatic nitrogens is 1.